The lowest BCUT2D eigenvalue weighted by atomic mass is 9.98. The monoisotopic (exact) mass is 391 g/mol. The zero-order valence-corrected chi connectivity index (χ0v) is 16.4. The number of aryl methyl sites for hydroxylation is 1. The number of aliphatic hydroxyl groups is 1. The molecular weight excluding hydrogens is 366 g/mol. The fraction of sp³-hybridized carbons (Fsp3) is 0.304. The quantitative estimate of drug-likeness (QED) is 0.649. The van der Waals surface area contributed by atoms with Gasteiger partial charge in [-0.15, -0.1) is 0 Å². The van der Waals surface area contributed by atoms with Gasteiger partial charge in [-0.25, -0.2) is 4.79 Å². The summed E-state index contributed by atoms with van der Waals surface area (Å²) in [6.45, 7) is 0.618. The maximum atomic E-state index is 12.3. The molecule has 2 aromatic carbocycles. The molecule has 6 nitrogen and oxygen atoms in total. The number of rotatable bonds is 7. The Morgan fingerprint density at radius 2 is 1.83 bits per heavy atom. The Bertz CT molecular complexity index is 953. The number of hydrogen-bond acceptors (Lipinski definition) is 4. The molecule has 1 heterocycles. The first-order valence-corrected chi connectivity index (χ1v) is 9.83. The van der Waals surface area contributed by atoms with Gasteiger partial charge >= 0.3 is 6.09 Å². The molecule has 4 rings (SSSR count). The number of ether oxygens (including phenoxy) is 1. The van der Waals surface area contributed by atoms with E-state index in [2.05, 4.69) is 34.7 Å². The summed E-state index contributed by atoms with van der Waals surface area (Å²) >= 11 is 0. The summed E-state index contributed by atoms with van der Waals surface area (Å²) in [6.07, 6.45) is 3.87. The van der Waals surface area contributed by atoms with E-state index in [-0.39, 0.29) is 25.0 Å². The Hall–Kier alpha value is -3.12. The van der Waals surface area contributed by atoms with E-state index in [1.165, 1.54) is 22.3 Å². The van der Waals surface area contributed by atoms with E-state index in [0.717, 1.165) is 5.56 Å². The molecule has 29 heavy (non-hydrogen) atoms. The number of hydrogen-bond donors (Lipinski definition) is 2. The summed E-state index contributed by atoms with van der Waals surface area (Å²) in [4.78, 5) is 12.3. The number of carbonyl (C=O) groups excluding carboxylic acids is 1. The second-order valence-corrected chi connectivity index (χ2v) is 7.48. The summed E-state index contributed by atoms with van der Waals surface area (Å²) in [6, 6.07) is 16.5. The first kappa shape index (κ1) is 19.2. The van der Waals surface area contributed by atoms with Crippen LogP contribution in [0.25, 0.3) is 11.1 Å². The highest BCUT2D eigenvalue weighted by molar-refractivity contribution is 5.79. The Labute approximate surface area is 170 Å². The summed E-state index contributed by atoms with van der Waals surface area (Å²) in [5, 5.41) is 16.5. The zero-order chi connectivity index (χ0) is 20.2. The molecule has 0 aliphatic heterocycles. The fourth-order valence-electron chi connectivity index (χ4n) is 3.99. The fourth-order valence-corrected chi connectivity index (χ4v) is 3.99. The van der Waals surface area contributed by atoms with Crippen molar-refractivity contribution in [3.8, 4) is 11.1 Å². The third kappa shape index (κ3) is 4.17. The molecule has 0 fully saturated rings. The van der Waals surface area contributed by atoms with Gasteiger partial charge in [-0.2, -0.15) is 5.10 Å². The molecule has 0 saturated heterocycles. The SMILES string of the molecule is Cn1cc(CC(CO)CNC(=O)OCC2c3ccccc3-c3ccccc32)cn1. The number of amides is 1. The minimum atomic E-state index is -0.462. The third-order valence-corrected chi connectivity index (χ3v) is 5.42. The van der Waals surface area contributed by atoms with Crippen LogP contribution in [0.4, 0.5) is 4.79 Å². The number of benzene rings is 2. The minimum Gasteiger partial charge on any atom is -0.449 e. The van der Waals surface area contributed by atoms with E-state index in [1.807, 2.05) is 37.5 Å². The van der Waals surface area contributed by atoms with Crippen LogP contribution in [0.15, 0.2) is 60.9 Å². The molecule has 1 aromatic heterocycles. The van der Waals surface area contributed by atoms with E-state index < -0.39 is 6.09 Å². The molecule has 2 N–H and O–H groups in total. The highest BCUT2D eigenvalue weighted by atomic mass is 16.5. The van der Waals surface area contributed by atoms with Gasteiger partial charge in [0.2, 0.25) is 0 Å². The van der Waals surface area contributed by atoms with Crippen LogP contribution in [0, 0.1) is 5.92 Å². The minimum absolute atomic E-state index is 0.0153. The van der Waals surface area contributed by atoms with Crippen LogP contribution < -0.4 is 5.32 Å². The van der Waals surface area contributed by atoms with Gasteiger partial charge in [-0.05, 0) is 34.2 Å². The number of aliphatic hydroxyl groups excluding tert-OH is 1. The summed E-state index contributed by atoms with van der Waals surface area (Å²) in [5.41, 5.74) is 5.81. The van der Waals surface area contributed by atoms with Gasteiger partial charge in [-0.1, -0.05) is 48.5 Å². The predicted octanol–water partition coefficient (Wildman–Crippen LogP) is 3.11. The van der Waals surface area contributed by atoms with E-state index in [1.54, 1.807) is 10.9 Å². The maximum absolute atomic E-state index is 12.3. The molecule has 150 valence electrons. The van der Waals surface area contributed by atoms with Crippen molar-refractivity contribution in [2.45, 2.75) is 12.3 Å². The maximum Gasteiger partial charge on any atom is 0.407 e. The Kier molecular flexibility index (Phi) is 5.62. The van der Waals surface area contributed by atoms with Crippen molar-refractivity contribution in [3.63, 3.8) is 0 Å². The summed E-state index contributed by atoms with van der Waals surface area (Å²) < 4.78 is 7.27. The Balaban J connectivity index is 1.34. The molecule has 3 aromatic rings. The number of nitrogens with one attached hydrogen (secondary N) is 1. The highest BCUT2D eigenvalue weighted by Crippen LogP contribution is 2.44. The molecule has 1 amide bonds. The lowest BCUT2D eigenvalue weighted by Gasteiger charge is -2.17. The standard InChI is InChI=1S/C23H25N3O3/c1-26-13-16(12-25-26)10-17(14-27)11-24-23(28)29-15-22-20-8-4-2-6-18(20)19-7-3-5-9-21(19)22/h2-9,12-13,17,22,27H,10-11,14-15H2,1H3,(H,24,28). The van der Waals surface area contributed by atoms with Crippen molar-refractivity contribution in [2.24, 2.45) is 13.0 Å². The summed E-state index contributed by atoms with van der Waals surface area (Å²) in [5.74, 6) is -0.0446. The zero-order valence-electron chi connectivity index (χ0n) is 16.4. The van der Waals surface area contributed by atoms with Crippen molar-refractivity contribution in [1.82, 2.24) is 15.1 Å². The third-order valence-electron chi connectivity index (χ3n) is 5.42. The second kappa shape index (κ2) is 8.49. The first-order valence-electron chi connectivity index (χ1n) is 9.83. The number of nitrogens with zero attached hydrogens (tertiary/aromatic N) is 2. The van der Waals surface area contributed by atoms with Gasteiger partial charge in [0.05, 0.1) is 6.20 Å². The first-order chi connectivity index (χ1) is 14.2. The normalized spacial score (nSPS) is 13.6. The van der Waals surface area contributed by atoms with Crippen molar-refractivity contribution >= 4 is 6.09 Å². The van der Waals surface area contributed by atoms with E-state index in [4.69, 9.17) is 4.74 Å². The van der Waals surface area contributed by atoms with Crippen LogP contribution in [0.5, 0.6) is 0 Å². The van der Waals surface area contributed by atoms with Crippen molar-refractivity contribution in [2.75, 3.05) is 19.8 Å². The van der Waals surface area contributed by atoms with Gasteiger partial charge in [-0.3, -0.25) is 4.68 Å². The Morgan fingerprint density at radius 1 is 1.17 bits per heavy atom. The molecular formula is C23H25N3O3. The van der Waals surface area contributed by atoms with Crippen LogP contribution in [-0.2, 0) is 18.2 Å². The summed E-state index contributed by atoms with van der Waals surface area (Å²) in [7, 11) is 1.85. The van der Waals surface area contributed by atoms with Crippen molar-refractivity contribution in [1.29, 1.82) is 0 Å². The molecule has 6 heteroatoms. The topological polar surface area (TPSA) is 76.4 Å². The number of aromatic nitrogens is 2. The molecule has 1 atom stereocenters. The molecule has 0 radical (unpaired) electrons. The lowest BCUT2D eigenvalue weighted by molar-refractivity contribution is 0.138. The number of fused-ring (bicyclic) bond motifs is 3. The highest BCUT2D eigenvalue weighted by Gasteiger charge is 2.29. The van der Waals surface area contributed by atoms with Gasteiger partial charge in [0.15, 0.2) is 0 Å². The van der Waals surface area contributed by atoms with Crippen molar-refractivity contribution < 1.29 is 14.6 Å². The van der Waals surface area contributed by atoms with E-state index in [9.17, 15) is 9.90 Å². The predicted molar refractivity (Wildman–Crippen MR) is 111 cm³/mol. The number of alkyl carbamates (subject to hydrolysis) is 1. The molecule has 0 bridgehead atoms. The van der Waals surface area contributed by atoms with E-state index >= 15 is 0 Å². The average Bonchev–Trinajstić information content (AvgIpc) is 3.30. The Morgan fingerprint density at radius 3 is 2.41 bits per heavy atom. The molecule has 1 aliphatic carbocycles. The molecule has 0 saturated carbocycles. The molecule has 0 spiro atoms. The van der Waals surface area contributed by atoms with Gasteiger partial charge in [0.25, 0.3) is 0 Å². The van der Waals surface area contributed by atoms with Crippen molar-refractivity contribution in [3.05, 3.63) is 77.6 Å². The average molecular weight is 391 g/mol. The lowest BCUT2D eigenvalue weighted by Crippen LogP contribution is -2.33. The van der Waals surface area contributed by atoms with Crippen LogP contribution in [0.1, 0.15) is 22.6 Å². The largest absolute Gasteiger partial charge is 0.449 e. The molecule has 1 unspecified atom stereocenters. The molecule has 1 aliphatic rings. The second-order valence-electron chi connectivity index (χ2n) is 7.48. The number of carbonyl (C=O) groups is 1. The van der Waals surface area contributed by atoms with Crippen LogP contribution in [-0.4, -0.2) is 40.7 Å². The van der Waals surface area contributed by atoms with Gasteiger partial charge in [0, 0.05) is 38.2 Å². The van der Waals surface area contributed by atoms with Gasteiger partial charge in [0.1, 0.15) is 6.61 Å². The van der Waals surface area contributed by atoms with Crippen LogP contribution >= 0.6 is 0 Å². The van der Waals surface area contributed by atoms with E-state index in [0.29, 0.717) is 13.0 Å². The van der Waals surface area contributed by atoms with Crippen LogP contribution in [0.3, 0.4) is 0 Å². The van der Waals surface area contributed by atoms with Gasteiger partial charge < -0.3 is 15.2 Å². The smallest absolute Gasteiger partial charge is 0.407 e. The van der Waals surface area contributed by atoms with Crippen LogP contribution in [0.2, 0.25) is 0 Å².